The number of nitrogens with one attached hydrogen (secondary N) is 1. The number of halogens is 1. The topological polar surface area (TPSA) is 24.5 Å². The quantitative estimate of drug-likeness (QED) is 0.778. The van der Waals surface area contributed by atoms with Gasteiger partial charge >= 0.3 is 0 Å². The second-order valence-corrected chi connectivity index (χ2v) is 5.46. The maximum atomic E-state index is 6.10. The number of nitrogens with zero attached hydrogens (tertiary/aromatic N) is 1. The fourth-order valence-corrected chi connectivity index (χ4v) is 2.77. The third kappa shape index (κ3) is 4.68. The standard InChI is InChI=1S/C15H23ClN2O/c1-19-15-6-5-13(11-14(15)16)12-17-7-4-10-18-8-2-3-9-18/h5-6,11,17H,2-4,7-10,12H2,1H3. The normalized spacial score (nSPS) is 15.9. The molecule has 19 heavy (non-hydrogen) atoms. The minimum absolute atomic E-state index is 0.680. The summed E-state index contributed by atoms with van der Waals surface area (Å²) in [5.74, 6) is 0.736. The van der Waals surface area contributed by atoms with Crippen LogP contribution in [0.1, 0.15) is 24.8 Å². The number of likely N-dealkylation sites (tertiary alicyclic amines) is 1. The molecule has 1 aromatic rings. The third-order valence-corrected chi connectivity index (χ3v) is 3.87. The third-order valence-electron chi connectivity index (χ3n) is 3.57. The molecule has 1 heterocycles. The zero-order valence-electron chi connectivity index (χ0n) is 11.6. The maximum Gasteiger partial charge on any atom is 0.137 e. The molecule has 1 aliphatic rings. The molecular weight excluding hydrogens is 260 g/mol. The molecule has 2 rings (SSSR count). The first-order chi connectivity index (χ1) is 9.29. The number of rotatable bonds is 7. The molecule has 1 aliphatic heterocycles. The van der Waals surface area contributed by atoms with Gasteiger partial charge in [-0.05, 0) is 63.1 Å². The van der Waals surface area contributed by atoms with Crippen molar-refractivity contribution < 1.29 is 4.74 Å². The van der Waals surface area contributed by atoms with E-state index in [0.29, 0.717) is 5.02 Å². The van der Waals surface area contributed by atoms with Gasteiger partial charge in [0.25, 0.3) is 0 Å². The van der Waals surface area contributed by atoms with Crippen molar-refractivity contribution in [2.45, 2.75) is 25.8 Å². The summed E-state index contributed by atoms with van der Waals surface area (Å²) in [7, 11) is 1.64. The van der Waals surface area contributed by atoms with E-state index in [-0.39, 0.29) is 0 Å². The molecule has 4 heteroatoms. The largest absolute Gasteiger partial charge is 0.495 e. The lowest BCUT2D eigenvalue weighted by molar-refractivity contribution is 0.331. The van der Waals surface area contributed by atoms with Crippen molar-refractivity contribution in [1.29, 1.82) is 0 Å². The van der Waals surface area contributed by atoms with E-state index < -0.39 is 0 Å². The van der Waals surface area contributed by atoms with E-state index in [2.05, 4.69) is 16.3 Å². The van der Waals surface area contributed by atoms with Gasteiger partial charge in [-0.2, -0.15) is 0 Å². The molecule has 1 fully saturated rings. The second-order valence-electron chi connectivity index (χ2n) is 5.05. The Morgan fingerprint density at radius 3 is 2.79 bits per heavy atom. The van der Waals surface area contributed by atoms with E-state index >= 15 is 0 Å². The van der Waals surface area contributed by atoms with Crippen LogP contribution in [0.2, 0.25) is 5.02 Å². The summed E-state index contributed by atoms with van der Waals surface area (Å²) < 4.78 is 5.14. The van der Waals surface area contributed by atoms with Gasteiger partial charge in [0, 0.05) is 6.54 Å². The highest BCUT2D eigenvalue weighted by molar-refractivity contribution is 6.32. The van der Waals surface area contributed by atoms with Crippen LogP contribution in [0.15, 0.2) is 18.2 Å². The van der Waals surface area contributed by atoms with Crippen molar-refractivity contribution in [2.24, 2.45) is 0 Å². The fourth-order valence-electron chi connectivity index (χ4n) is 2.49. The number of ether oxygens (including phenoxy) is 1. The average Bonchev–Trinajstić information content (AvgIpc) is 2.92. The van der Waals surface area contributed by atoms with Crippen molar-refractivity contribution >= 4 is 11.6 Å². The molecule has 0 spiro atoms. The van der Waals surface area contributed by atoms with Crippen LogP contribution in [0.25, 0.3) is 0 Å². The Labute approximate surface area is 120 Å². The molecule has 0 bridgehead atoms. The number of hydrogen-bond donors (Lipinski definition) is 1. The molecule has 106 valence electrons. The van der Waals surface area contributed by atoms with E-state index in [9.17, 15) is 0 Å². The van der Waals surface area contributed by atoms with Gasteiger partial charge in [0.2, 0.25) is 0 Å². The Kier molecular flexibility index (Phi) is 5.95. The molecule has 1 aromatic carbocycles. The summed E-state index contributed by atoms with van der Waals surface area (Å²) in [5.41, 5.74) is 1.20. The summed E-state index contributed by atoms with van der Waals surface area (Å²) in [6.07, 6.45) is 3.96. The molecule has 0 aromatic heterocycles. The lowest BCUT2D eigenvalue weighted by atomic mass is 10.2. The zero-order valence-corrected chi connectivity index (χ0v) is 12.4. The molecule has 0 aliphatic carbocycles. The Morgan fingerprint density at radius 1 is 1.32 bits per heavy atom. The van der Waals surface area contributed by atoms with Crippen molar-refractivity contribution in [3.8, 4) is 5.75 Å². The highest BCUT2D eigenvalue weighted by Gasteiger charge is 2.09. The Bertz CT molecular complexity index is 392. The Balaban J connectivity index is 1.63. The van der Waals surface area contributed by atoms with Crippen molar-refractivity contribution in [3.05, 3.63) is 28.8 Å². The van der Waals surface area contributed by atoms with E-state index in [4.69, 9.17) is 16.3 Å². The molecule has 0 amide bonds. The minimum atomic E-state index is 0.680. The van der Waals surface area contributed by atoms with Gasteiger partial charge in [0.15, 0.2) is 0 Å². The lowest BCUT2D eigenvalue weighted by Crippen LogP contribution is -2.24. The second kappa shape index (κ2) is 7.73. The van der Waals surface area contributed by atoms with Crippen molar-refractivity contribution in [3.63, 3.8) is 0 Å². The molecule has 0 atom stereocenters. The van der Waals surface area contributed by atoms with Gasteiger partial charge in [-0.3, -0.25) is 0 Å². The van der Waals surface area contributed by atoms with Crippen LogP contribution >= 0.6 is 11.6 Å². The highest BCUT2D eigenvalue weighted by Crippen LogP contribution is 2.24. The van der Waals surface area contributed by atoms with Gasteiger partial charge in [-0.25, -0.2) is 0 Å². The lowest BCUT2D eigenvalue weighted by Gasteiger charge is -2.14. The molecule has 0 radical (unpaired) electrons. The number of benzene rings is 1. The predicted molar refractivity (Wildman–Crippen MR) is 80.0 cm³/mol. The molecule has 0 saturated carbocycles. The van der Waals surface area contributed by atoms with Gasteiger partial charge < -0.3 is 15.0 Å². The molecule has 1 saturated heterocycles. The van der Waals surface area contributed by atoms with Crippen LogP contribution in [-0.4, -0.2) is 38.2 Å². The first kappa shape index (κ1) is 14.6. The van der Waals surface area contributed by atoms with Crippen LogP contribution in [0, 0.1) is 0 Å². The van der Waals surface area contributed by atoms with Crippen molar-refractivity contribution in [1.82, 2.24) is 10.2 Å². The summed E-state index contributed by atoms with van der Waals surface area (Å²) in [6.45, 7) is 5.71. The van der Waals surface area contributed by atoms with Gasteiger partial charge in [-0.15, -0.1) is 0 Å². The predicted octanol–water partition coefficient (Wildman–Crippen LogP) is 2.92. The van der Waals surface area contributed by atoms with Crippen LogP contribution in [0.4, 0.5) is 0 Å². The van der Waals surface area contributed by atoms with E-state index in [0.717, 1.165) is 18.8 Å². The number of methoxy groups -OCH3 is 1. The average molecular weight is 283 g/mol. The summed E-state index contributed by atoms with van der Waals surface area (Å²) in [6, 6.07) is 5.94. The van der Waals surface area contributed by atoms with Gasteiger partial charge in [-0.1, -0.05) is 17.7 Å². The molecule has 1 N–H and O–H groups in total. The van der Waals surface area contributed by atoms with E-state index in [1.165, 1.54) is 44.5 Å². The molecule has 0 unspecified atom stereocenters. The minimum Gasteiger partial charge on any atom is -0.495 e. The summed E-state index contributed by atoms with van der Waals surface area (Å²) in [5, 5.41) is 4.14. The molecular formula is C15H23ClN2O. The van der Waals surface area contributed by atoms with Crippen LogP contribution in [0.3, 0.4) is 0 Å². The van der Waals surface area contributed by atoms with E-state index in [1.54, 1.807) is 7.11 Å². The summed E-state index contributed by atoms with van der Waals surface area (Å²) >= 11 is 6.10. The number of hydrogen-bond acceptors (Lipinski definition) is 3. The monoisotopic (exact) mass is 282 g/mol. The van der Waals surface area contributed by atoms with Gasteiger partial charge in [0.05, 0.1) is 12.1 Å². The SMILES string of the molecule is COc1ccc(CNCCCN2CCCC2)cc1Cl. The molecule has 3 nitrogen and oxygen atoms in total. The van der Waals surface area contributed by atoms with Gasteiger partial charge in [0.1, 0.15) is 5.75 Å². The summed E-state index contributed by atoms with van der Waals surface area (Å²) in [4.78, 5) is 2.55. The maximum absolute atomic E-state index is 6.10. The Morgan fingerprint density at radius 2 is 2.11 bits per heavy atom. The zero-order chi connectivity index (χ0) is 13.5. The van der Waals surface area contributed by atoms with Crippen LogP contribution < -0.4 is 10.1 Å². The van der Waals surface area contributed by atoms with E-state index in [1.807, 2.05) is 12.1 Å². The Hall–Kier alpha value is -0.770. The fraction of sp³-hybridized carbons (Fsp3) is 0.600. The highest BCUT2D eigenvalue weighted by atomic mass is 35.5. The first-order valence-corrected chi connectivity index (χ1v) is 7.43. The van der Waals surface area contributed by atoms with Crippen molar-refractivity contribution in [2.75, 3.05) is 33.3 Å². The smallest absolute Gasteiger partial charge is 0.137 e. The first-order valence-electron chi connectivity index (χ1n) is 7.05. The van der Waals surface area contributed by atoms with Crippen LogP contribution in [-0.2, 0) is 6.54 Å². The van der Waals surface area contributed by atoms with Crippen LogP contribution in [0.5, 0.6) is 5.75 Å².